The van der Waals surface area contributed by atoms with Crippen molar-refractivity contribution in [2.75, 3.05) is 0 Å². The molecule has 13 heavy (non-hydrogen) atoms. The molecule has 0 atom stereocenters. The summed E-state index contributed by atoms with van der Waals surface area (Å²) in [5.41, 5.74) is -0.496. The van der Waals surface area contributed by atoms with Crippen molar-refractivity contribution in [2.45, 2.75) is 13.3 Å². The third-order valence-corrected chi connectivity index (χ3v) is 1.72. The number of rotatable bonds is 1. The minimum atomic E-state index is -1.20. The molecule has 0 unspecified atom stereocenters. The number of hydrogen-bond acceptors (Lipinski definition) is 1. The number of hydrogen-bond donors (Lipinski definition) is 0. The van der Waals surface area contributed by atoms with Crippen LogP contribution in [0, 0.1) is 35.7 Å². The van der Waals surface area contributed by atoms with Crippen molar-refractivity contribution in [3.63, 3.8) is 0 Å². The van der Waals surface area contributed by atoms with Gasteiger partial charge in [0.2, 0.25) is 0 Å². The molecule has 1 nitrogen and oxygen atoms in total. The largest absolute Gasteiger partial charge is 0.206 e. The molecule has 0 aliphatic heterocycles. The Morgan fingerprint density at radius 2 is 1.92 bits per heavy atom. The fraction of sp³-hybridized carbons (Fsp3) is 0.222. The van der Waals surface area contributed by atoms with E-state index in [1.807, 2.05) is 0 Å². The van der Waals surface area contributed by atoms with E-state index in [-0.39, 0.29) is 17.5 Å². The molecule has 68 valence electrons. The normalized spacial score (nSPS) is 9.77. The Kier molecular flexibility index (Phi) is 2.57. The molecule has 1 aromatic carbocycles. The summed E-state index contributed by atoms with van der Waals surface area (Å²) >= 11 is 0. The summed E-state index contributed by atoms with van der Waals surface area (Å²) in [4.78, 5) is 0. The van der Waals surface area contributed by atoms with Crippen LogP contribution >= 0.6 is 0 Å². The molecule has 0 amide bonds. The van der Waals surface area contributed by atoms with Crippen molar-refractivity contribution < 1.29 is 13.2 Å². The number of benzene rings is 1. The van der Waals surface area contributed by atoms with Crippen LogP contribution in [0.4, 0.5) is 13.2 Å². The Morgan fingerprint density at radius 1 is 1.31 bits per heavy atom. The maximum absolute atomic E-state index is 13.1. The molecule has 0 saturated heterocycles. The van der Waals surface area contributed by atoms with Gasteiger partial charge in [0.1, 0.15) is 5.82 Å². The van der Waals surface area contributed by atoms with Crippen LogP contribution in [0.3, 0.4) is 0 Å². The second-order valence-electron chi connectivity index (χ2n) is 2.61. The smallest absolute Gasteiger partial charge is 0.164 e. The average molecular weight is 185 g/mol. The van der Waals surface area contributed by atoms with Crippen LogP contribution in [0.15, 0.2) is 6.07 Å². The first-order chi connectivity index (χ1) is 6.07. The minimum Gasteiger partial charge on any atom is -0.206 e. The van der Waals surface area contributed by atoms with E-state index in [4.69, 9.17) is 5.26 Å². The van der Waals surface area contributed by atoms with Crippen LogP contribution in [0.1, 0.15) is 11.1 Å². The molecule has 0 aliphatic carbocycles. The van der Waals surface area contributed by atoms with Crippen molar-refractivity contribution in [3.05, 3.63) is 34.6 Å². The highest BCUT2D eigenvalue weighted by Crippen LogP contribution is 2.19. The van der Waals surface area contributed by atoms with Gasteiger partial charge >= 0.3 is 0 Å². The van der Waals surface area contributed by atoms with Crippen molar-refractivity contribution in [1.29, 1.82) is 5.26 Å². The molecular weight excluding hydrogens is 179 g/mol. The van der Waals surface area contributed by atoms with Gasteiger partial charge in [0.05, 0.1) is 12.5 Å². The molecule has 0 radical (unpaired) electrons. The van der Waals surface area contributed by atoms with Crippen LogP contribution in [-0.2, 0) is 6.42 Å². The lowest BCUT2D eigenvalue weighted by molar-refractivity contribution is 0.482. The molecule has 0 spiro atoms. The Bertz CT molecular complexity index is 379. The second-order valence-corrected chi connectivity index (χ2v) is 2.61. The second kappa shape index (κ2) is 3.48. The quantitative estimate of drug-likeness (QED) is 0.616. The van der Waals surface area contributed by atoms with Gasteiger partial charge in [-0.05, 0) is 13.0 Å². The van der Waals surface area contributed by atoms with Crippen molar-refractivity contribution in [3.8, 4) is 6.07 Å². The number of halogens is 3. The summed E-state index contributed by atoms with van der Waals surface area (Å²) < 4.78 is 38.5. The first-order valence-electron chi connectivity index (χ1n) is 3.58. The Balaban J connectivity index is 3.34. The Morgan fingerprint density at radius 3 is 2.46 bits per heavy atom. The van der Waals surface area contributed by atoms with E-state index in [2.05, 4.69) is 0 Å². The molecule has 1 rings (SSSR count). The molecule has 0 heterocycles. The fourth-order valence-electron chi connectivity index (χ4n) is 1.01. The van der Waals surface area contributed by atoms with E-state index in [0.717, 1.165) is 6.92 Å². The van der Waals surface area contributed by atoms with Crippen LogP contribution in [0.2, 0.25) is 0 Å². The van der Waals surface area contributed by atoms with Gasteiger partial charge in [-0.15, -0.1) is 0 Å². The van der Waals surface area contributed by atoms with Gasteiger partial charge in [0, 0.05) is 11.1 Å². The zero-order valence-corrected chi connectivity index (χ0v) is 6.87. The highest BCUT2D eigenvalue weighted by atomic mass is 19.2. The van der Waals surface area contributed by atoms with Gasteiger partial charge in [0.15, 0.2) is 11.6 Å². The van der Waals surface area contributed by atoms with Gasteiger partial charge in [-0.3, -0.25) is 0 Å². The van der Waals surface area contributed by atoms with Crippen molar-refractivity contribution in [1.82, 2.24) is 0 Å². The van der Waals surface area contributed by atoms with Crippen LogP contribution in [0.25, 0.3) is 0 Å². The monoisotopic (exact) mass is 185 g/mol. The predicted molar refractivity (Wildman–Crippen MR) is 40.4 cm³/mol. The third kappa shape index (κ3) is 1.64. The summed E-state index contributed by atoms with van der Waals surface area (Å²) in [5.74, 6) is -3.16. The highest BCUT2D eigenvalue weighted by molar-refractivity contribution is 5.29. The lowest BCUT2D eigenvalue weighted by atomic mass is 10.1. The SMILES string of the molecule is Cc1c(F)c(F)cc(CC#N)c1F. The fourth-order valence-corrected chi connectivity index (χ4v) is 1.01. The molecule has 0 aromatic heterocycles. The third-order valence-electron chi connectivity index (χ3n) is 1.72. The van der Waals surface area contributed by atoms with Crippen molar-refractivity contribution in [2.24, 2.45) is 0 Å². The van der Waals surface area contributed by atoms with E-state index in [1.54, 1.807) is 6.07 Å². The summed E-state index contributed by atoms with van der Waals surface area (Å²) in [6.45, 7) is 1.13. The Hall–Kier alpha value is -1.50. The first kappa shape index (κ1) is 9.59. The van der Waals surface area contributed by atoms with E-state index in [0.29, 0.717) is 6.07 Å². The zero-order chi connectivity index (χ0) is 10.0. The standard InChI is InChI=1S/C9H6F3N/c1-5-8(11)6(2-3-13)4-7(10)9(5)12/h4H,2H2,1H3. The summed E-state index contributed by atoms with van der Waals surface area (Å²) in [7, 11) is 0. The number of nitrogens with zero attached hydrogens (tertiary/aromatic N) is 1. The first-order valence-corrected chi connectivity index (χ1v) is 3.58. The molecular formula is C9H6F3N. The molecule has 4 heteroatoms. The van der Waals surface area contributed by atoms with Gasteiger partial charge in [0.25, 0.3) is 0 Å². The summed E-state index contributed by atoms with van der Waals surface area (Å²) in [5, 5.41) is 8.26. The van der Waals surface area contributed by atoms with Gasteiger partial charge < -0.3 is 0 Å². The minimum absolute atomic E-state index is 0.112. The summed E-state index contributed by atoms with van der Waals surface area (Å²) in [6.07, 6.45) is -0.260. The van der Waals surface area contributed by atoms with Crippen LogP contribution in [-0.4, -0.2) is 0 Å². The van der Waals surface area contributed by atoms with E-state index >= 15 is 0 Å². The molecule has 0 aliphatic rings. The van der Waals surface area contributed by atoms with Gasteiger partial charge in [-0.2, -0.15) is 5.26 Å². The molecule has 1 aromatic rings. The van der Waals surface area contributed by atoms with Crippen molar-refractivity contribution >= 4 is 0 Å². The van der Waals surface area contributed by atoms with Crippen LogP contribution < -0.4 is 0 Å². The summed E-state index contributed by atoms with van der Waals surface area (Å²) in [6, 6.07) is 2.38. The van der Waals surface area contributed by atoms with E-state index in [1.165, 1.54) is 0 Å². The molecule has 0 bridgehead atoms. The average Bonchev–Trinajstić information content (AvgIpc) is 2.11. The lowest BCUT2D eigenvalue weighted by Gasteiger charge is -2.03. The molecule has 0 fully saturated rings. The van der Waals surface area contributed by atoms with Gasteiger partial charge in [-0.25, -0.2) is 13.2 Å². The Labute approximate surface area is 73.4 Å². The maximum Gasteiger partial charge on any atom is 0.164 e. The highest BCUT2D eigenvalue weighted by Gasteiger charge is 2.14. The van der Waals surface area contributed by atoms with E-state index < -0.39 is 17.5 Å². The topological polar surface area (TPSA) is 23.8 Å². The zero-order valence-electron chi connectivity index (χ0n) is 6.87. The molecule has 0 N–H and O–H groups in total. The number of nitriles is 1. The van der Waals surface area contributed by atoms with Crippen LogP contribution in [0.5, 0.6) is 0 Å². The lowest BCUT2D eigenvalue weighted by Crippen LogP contribution is -1.99. The van der Waals surface area contributed by atoms with E-state index in [9.17, 15) is 13.2 Å². The van der Waals surface area contributed by atoms with Gasteiger partial charge in [-0.1, -0.05) is 0 Å². The molecule has 0 saturated carbocycles. The maximum atomic E-state index is 13.1. The predicted octanol–water partition coefficient (Wildman–Crippen LogP) is 2.48.